The van der Waals surface area contributed by atoms with Gasteiger partial charge in [-0.1, -0.05) is 36.4 Å². The van der Waals surface area contributed by atoms with Crippen molar-refractivity contribution < 1.29 is 9.47 Å². The fraction of sp³-hybridized carbons (Fsp3) is 0.294. The van der Waals surface area contributed by atoms with E-state index in [9.17, 15) is 0 Å². The Labute approximate surface area is 126 Å². The summed E-state index contributed by atoms with van der Waals surface area (Å²) in [7, 11) is 1.66. The maximum atomic E-state index is 5.92. The van der Waals surface area contributed by atoms with Crippen molar-refractivity contribution in [1.29, 1.82) is 0 Å². The standard InChI is InChI=1S/C17H20O2S/c1-13-8-9-16(17(10-13)18-2)19-11-15(12-20)14-6-4-3-5-7-14/h3-10,15,20H,11-12H2,1-2H3. The van der Waals surface area contributed by atoms with E-state index in [2.05, 4.69) is 24.8 Å². The van der Waals surface area contributed by atoms with Gasteiger partial charge in [0.2, 0.25) is 0 Å². The summed E-state index contributed by atoms with van der Waals surface area (Å²) in [5, 5.41) is 0. The molecule has 2 aromatic rings. The van der Waals surface area contributed by atoms with E-state index in [0.717, 1.165) is 22.8 Å². The van der Waals surface area contributed by atoms with Crippen LogP contribution >= 0.6 is 12.6 Å². The first-order valence-electron chi connectivity index (χ1n) is 6.68. The monoisotopic (exact) mass is 288 g/mol. The maximum absolute atomic E-state index is 5.92. The third-order valence-electron chi connectivity index (χ3n) is 3.25. The van der Waals surface area contributed by atoms with E-state index in [1.165, 1.54) is 5.56 Å². The normalized spacial score (nSPS) is 11.9. The molecule has 0 spiro atoms. The molecule has 0 saturated carbocycles. The van der Waals surface area contributed by atoms with Crippen molar-refractivity contribution in [3.8, 4) is 11.5 Å². The molecule has 0 bridgehead atoms. The molecule has 20 heavy (non-hydrogen) atoms. The highest BCUT2D eigenvalue weighted by Gasteiger charge is 2.12. The molecule has 2 nitrogen and oxygen atoms in total. The molecule has 0 heterocycles. The van der Waals surface area contributed by atoms with Crippen molar-refractivity contribution in [2.75, 3.05) is 19.5 Å². The first-order valence-corrected chi connectivity index (χ1v) is 7.31. The molecular weight excluding hydrogens is 268 g/mol. The Hall–Kier alpha value is -1.61. The van der Waals surface area contributed by atoms with E-state index in [-0.39, 0.29) is 5.92 Å². The number of rotatable bonds is 6. The van der Waals surface area contributed by atoms with Crippen LogP contribution in [0.2, 0.25) is 0 Å². The van der Waals surface area contributed by atoms with Crippen LogP contribution in [0.4, 0.5) is 0 Å². The molecule has 106 valence electrons. The van der Waals surface area contributed by atoms with Gasteiger partial charge in [-0.25, -0.2) is 0 Å². The number of aryl methyl sites for hydroxylation is 1. The minimum absolute atomic E-state index is 0.269. The second-order valence-electron chi connectivity index (χ2n) is 4.76. The average molecular weight is 288 g/mol. The van der Waals surface area contributed by atoms with Gasteiger partial charge >= 0.3 is 0 Å². The van der Waals surface area contributed by atoms with Crippen molar-refractivity contribution in [1.82, 2.24) is 0 Å². The molecule has 1 atom stereocenters. The van der Waals surface area contributed by atoms with Gasteiger partial charge in [-0.3, -0.25) is 0 Å². The van der Waals surface area contributed by atoms with Crippen molar-refractivity contribution in [3.63, 3.8) is 0 Å². The zero-order valence-electron chi connectivity index (χ0n) is 11.9. The summed E-state index contributed by atoms with van der Waals surface area (Å²) < 4.78 is 11.3. The topological polar surface area (TPSA) is 18.5 Å². The lowest BCUT2D eigenvalue weighted by molar-refractivity contribution is 0.279. The molecule has 0 aliphatic rings. The van der Waals surface area contributed by atoms with Crippen molar-refractivity contribution in [2.45, 2.75) is 12.8 Å². The van der Waals surface area contributed by atoms with E-state index >= 15 is 0 Å². The van der Waals surface area contributed by atoms with Gasteiger partial charge in [0.05, 0.1) is 13.7 Å². The third-order valence-corrected chi connectivity index (χ3v) is 3.69. The van der Waals surface area contributed by atoms with Gasteiger partial charge in [0.15, 0.2) is 11.5 Å². The minimum Gasteiger partial charge on any atom is -0.493 e. The first kappa shape index (κ1) is 14.8. The Kier molecular flexibility index (Phi) is 5.36. The third kappa shape index (κ3) is 3.70. The summed E-state index contributed by atoms with van der Waals surface area (Å²) in [6, 6.07) is 16.3. The number of methoxy groups -OCH3 is 1. The summed E-state index contributed by atoms with van der Waals surface area (Å²) in [6.45, 7) is 2.62. The second-order valence-corrected chi connectivity index (χ2v) is 5.12. The number of ether oxygens (including phenoxy) is 2. The molecule has 0 radical (unpaired) electrons. The van der Waals surface area contributed by atoms with Crippen molar-refractivity contribution in [3.05, 3.63) is 59.7 Å². The van der Waals surface area contributed by atoms with E-state index in [1.807, 2.05) is 43.3 Å². The molecule has 2 aromatic carbocycles. The number of hydrogen-bond donors (Lipinski definition) is 1. The molecule has 2 rings (SSSR count). The van der Waals surface area contributed by atoms with Gasteiger partial charge in [-0.05, 0) is 30.2 Å². The van der Waals surface area contributed by atoms with Crippen LogP contribution in [0.25, 0.3) is 0 Å². The summed E-state index contributed by atoms with van der Waals surface area (Å²) in [6.07, 6.45) is 0. The summed E-state index contributed by atoms with van der Waals surface area (Å²) >= 11 is 4.43. The summed E-state index contributed by atoms with van der Waals surface area (Å²) in [4.78, 5) is 0. The molecule has 0 aliphatic carbocycles. The lowest BCUT2D eigenvalue weighted by atomic mass is 10.0. The number of thiol groups is 1. The molecule has 0 N–H and O–H groups in total. The quantitative estimate of drug-likeness (QED) is 0.807. The zero-order valence-corrected chi connectivity index (χ0v) is 12.8. The van der Waals surface area contributed by atoms with Gasteiger partial charge in [-0.15, -0.1) is 0 Å². The lowest BCUT2D eigenvalue weighted by Gasteiger charge is -2.17. The molecule has 0 aliphatic heterocycles. The Bertz CT molecular complexity index is 540. The Morgan fingerprint density at radius 3 is 2.45 bits per heavy atom. The molecule has 3 heteroatoms. The maximum Gasteiger partial charge on any atom is 0.161 e. The summed E-state index contributed by atoms with van der Waals surface area (Å²) in [5.41, 5.74) is 2.40. The van der Waals surface area contributed by atoms with Crippen LogP contribution in [0.15, 0.2) is 48.5 Å². The minimum atomic E-state index is 0.269. The van der Waals surface area contributed by atoms with Gasteiger partial charge in [-0.2, -0.15) is 12.6 Å². The van der Waals surface area contributed by atoms with E-state index in [1.54, 1.807) is 7.11 Å². The predicted octanol–water partition coefficient (Wildman–Crippen LogP) is 4.10. The highest BCUT2D eigenvalue weighted by atomic mass is 32.1. The zero-order chi connectivity index (χ0) is 14.4. The van der Waals surface area contributed by atoms with Crippen molar-refractivity contribution in [2.24, 2.45) is 0 Å². The molecule has 0 fully saturated rings. The highest BCUT2D eigenvalue weighted by molar-refractivity contribution is 7.80. The molecule has 0 aromatic heterocycles. The molecular formula is C17H20O2S. The van der Waals surface area contributed by atoms with E-state index < -0.39 is 0 Å². The van der Waals surface area contributed by atoms with Gasteiger partial charge in [0.1, 0.15) is 0 Å². The van der Waals surface area contributed by atoms with Gasteiger partial charge in [0.25, 0.3) is 0 Å². The highest BCUT2D eigenvalue weighted by Crippen LogP contribution is 2.29. The SMILES string of the molecule is COc1cc(C)ccc1OCC(CS)c1ccccc1. The Balaban J connectivity index is 2.07. The van der Waals surface area contributed by atoms with Crippen LogP contribution in [-0.2, 0) is 0 Å². The van der Waals surface area contributed by atoms with Crippen molar-refractivity contribution >= 4 is 12.6 Å². The molecule has 0 amide bonds. The summed E-state index contributed by atoms with van der Waals surface area (Å²) in [5.74, 6) is 2.57. The number of benzene rings is 2. The van der Waals surface area contributed by atoms with Crippen LogP contribution in [0, 0.1) is 6.92 Å². The Morgan fingerprint density at radius 2 is 1.80 bits per heavy atom. The smallest absolute Gasteiger partial charge is 0.161 e. The van der Waals surface area contributed by atoms with Gasteiger partial charge in [0, 0.05) is 11.7 Å². The fourth-order valence-corrected chi connectivity index (χ4v) is 2.38. The van der Waals surface area contributed by atoms with Crippen LogP contribution in [0.3, 0.4) is 0 Å². The number of hydrogen-bond acceptors (Lipinski definition) is 3. The molecule has 0 saturated heterocycles. The van der Waals surface area contributed by atoms with Crippen LogP contribution in [0.1, 0.15) is 17.0 Å². The fourth-order valence-electron chi connectivity index (χ4n) is 2.06. The Morgan fingerprint density at radius 1 is 1.05 bits per heavy atom. The predicted molar refractivity (Wildman–Crippen MR) is 86.3 cm³/mol. The van der Waals surface area contributed by atoms with E-state index in [0.29, 0.717) is 6.61 Å². The molecule has 1 unspecified atom stereocenters. The van der Waals surface area contributed by atoms with Crippen LogP contribution in [-0.4, -0.2) is 19.5 Å². The van der Waals surface area contributed by atoms with E-state index in [4.69, 9.17) is 9.47 Å². The first-order chi connectivity index (χ1) is 9.74. The van der Waals surface area contributed by atoms with Crippen LogP contribution in [0.5, 0.6) is 11.5 Å². The van der Waals surface area contributed by atoms with Gasteiger partial charge < -0.3 is 9.47 Å². The van der Waals surface area contributed by atoms with Crippen LogP contribution < -0.4 is 9.47 Å². The lowest BCUT2D eigenvalue weighted by Crippen LogP contribution is -2.12. The largest absolute Gasteiger partial charge is 0.493 e. The second kappa shape index (κ2) is 7.25. The average Bonchev–Trinajstić information content (AvgIpc) is 2.50.